The summed E-state index contributed by atoms with van der Waals surface area (Å²) in [6.07, 6.45) is 0. The van der Waals surface area contributed by atoms with Crippen molar-refractivity contribution in [2.75, 3.05) is 14.2 Å². The first-order valence-corrected chi connectivity index (χ1v) is 5.46. The molecule has 0 fully saturated rings. The fourth-order valence-corrected chi connectivity index (χ4v) is 2.27. The van der Waals surface area contributed by atoms with E-state index in [0.717, 1.165) is 33.3 Å². The molecule has 0 radical (unpaired) electrons. The minimum absolute atomic E-state index is 0.859. The summed E-state index contributed by atoms with van der Waals surface area (Å²) in [5, 5.41) is 2.14. The van der Waals surface area contributed by atoms with Gasteiger partial charge in [-0.2, -0.15) is 0 Å². The van der Waals surface area contributed by atoms with Crippen molar-refractivity contribution in [1.82, 2.24) is 4.98 Å². The van der Waals surface area contributed by atoms with E-state index in [4.69, 9.17) is 9.47 Å². The van der Waals surface area contributed by atoms with Gasteiger partial charge in [0, 0.05) is 0 Å². The lowest BCUT2D eigenvalue weighted by Gasteiger charge is -2.04. The molecular weight excluding hydrogens is 214 g/mol. The molecule has 0 saturated heterocycles. The molecule has 0 aliphatic heterocycles. The number of aromatic nitrogens is 1. The van der Waals surface area contributed by atoms with Crippen LogP contribution in [0.25, 0.3) is 21.8 Å². The van der Waals surface area contributed by atoms with E-state index < -0.39 is 0 Å². The third kappa shape index (κ3) is 1.35. The zero-order valence-corrected chi connectivity index (χ0v) is 9.78. The van der Waals surface area contributed by atoms with Crippen LogP contribution in [-0.4, -0.2) is 19.2 Å². The molecule has 0 aliphatic carbocycles. The van der Waals surface area contributed by atoms with E-state index in [1.54, 1.807) is 14.2 Å². The number of H-pyrrole nitrogens is 1. The summed E-state index contributed by atoms with van der Waals surface area (Å²) in [7, 11) is 3.37. The fourth-order valence-electron chi connectivity index (χ4n) is 2.27. The molecule has 17 heavy (non-hydrogen) atoms. The zero-order chi connectivity index (χ0) is 11.8. The maximum atomic E-state index is 5.42. The van der Waals surface area contributed by atoms with E-state index >= 15 is 0 Å². The van der Waals surface area contributed by atoms with Gasteiger partial charge in [-0.05, 0) is 24.3 Å². The molecule has 0 spiro atoms. The molecule has 1 N–H and O–H groups in total. The second kappa shape index (κ2) is 3.70. The van der Waals surface area contributed by atoms with Gasteiger partial charge in [-0.25, -0.2) is 0 Å². The molecular formula is C14H13NO2. The number of aromatic amines is 1. The van der Waals surface area contributed by atoms with Gasteiger partial charge < -0.3 is 14.5 Å². The summed E-state index contributed by atoms with van der Waals surface area (Å²) in [6.45, 7) is 0. The van der Waals surface area contributed by atoms with Crippen LogP contribution in [0.15, 0.2) is 36.4 Å². The van der Waals surface area contributed by atoms with Crippen LogP contribution in [0, 0.1) is 0 Å². The van der Waals surface area contributed by atoms with Gasteiger partial charge >= 0.3 is 0 Å². The van der Waals surface area contributed by atoms with Crippen LogP contribution in [0.1, 0.15) is 0 Å². The average molecular weight is 227 g/mol. The molecule has 1 aromatic heterocycles. The predicted octanol–water partition coefficient (Wildman–Crippen LogP) is 3.34. The summed E-state index contributed by atoms with van der Waals surface area (Å²) >= 11 is 0. The number of fused-ring (bicyclic) bond motifs is 3. The molecule has 3 heteroatoms. The van der Waals surface area contributed by atoms with Crippen molar-refractivity contribution in [3.05, 3.63) is 36.4 Å². The Kier molecular flexibility index (Phi) is 2.18. The Labute approximate surface area is 99.0 Å². The quantitative estimate of drug-likeness (QED) is 0.728. The van der Waals surface area contributed by atoms with Crippen molar-refractivity contribution >= 4 is 21.8 Å². The number of hydrogen-bond donors (Lipinski definition) is 1. The fraction of sp³-hybridized carbons (Fsp3) is 0.143. The van der Waals surface area contributed by atoms with Gasteiger partial charge in [0.05, 0.1) is 36.0 Å². The number of hydrogen-bond acceptors (Lipinski definition) is 2. The molecule has 2 aromatic carbocycles. The van der Waals surface area contributed by atoms with E-state index in [0.29, 0.717) is 0 Å². The van der Waals surface area contributed by atoms with Gasteiger partial charge in [0.2, 0.25) is 0 Å². The predicted molar refractivity (Wildman–Crippen MR) is 68.9 cm³/mol. The Bertz CT molecular complexity index is 627. The smallest absolute Gasteiger partial charge is 0.128 e. The van der Waals surface area contributed by atoms with E-state index in [2.05, 4.69) is 4.98 Å². The molecule has 3 aromatic rings. The van der Waals surface area contributed by atoms with Gasteiger partial charge in [-0.15, -0.1) is 0 Å². The first-order valence-electron chi connectivity index (χ1n) is 5.46. The first-order chi connectivity index (χ1) is 8.35. The molecule has 0 amide bonds. The van der Waals surface area contributed by atoms with Gasteiger partial charge in [-0.3, -0.25) is 0 Å². The number of methoxy groups -OCH3 is 2. The van der Waals surface area contributed by atoms with Crippen molar-refractivity contribution in [3.63, 3.8) is 0 Å². The van der Waals surface area contributed by atoms with Crippen LogP contribution >= 0.6 is 0 Å². The normalized spacial score (nSPS) is 10.9. The lowest BCUT2D eigenvalue weighted by atomic mass is 10.1. The molecule has 1 heterocycles. The zero-order valence-electron chi connectivity index (χ0n) is 9.78. The molecule has 86 valence electrons. The SMILES string of the molecule is COc1cccc2[nH]c3cccc(OC)c3c12. The van der Waals surface area contributed by atoms with Crippen LogP contribution in [0.5, 0.6) is 11.5 Å². The summed E-state index contributed by atoms with van der Waals surface area (Å²) in [6, 6.07) is 11.9. The third-order valence-corrected chi connectivity index (χ3v) is 3.01. The summed E-state index contributed by atoms with van der Waals surface area (Å²) in [5.41, 5.74) is 2.12. The average Bonchev–Trinajstić information content (AvgIpc) is 2.76. The number of benzene rings is 2. The Balaban J connectivity index is 2.55. The highest BCUT2D eigenvalue weighted by Gasteiger charge is 2.12. The van der Waals surface area contributed by atoms with Crippen molar-refractivity contribution < 1.29 is 9.47 Å². The second-order valence-corrected chi connectivity index (χ2v) is 3.89. The summed E-state index contributed by atoms with van der Waals surface area (Å²) in [5.74, 6) is 1.72. The molecule has 0 unspecified atom stereocenters. The van der Waals surface area contributed by atoms with Crippen LogP contribution in [0.2, 0.25) is 0 Å². The third-order valence-electron chi connectivity index (χ3n) is 3.01. The van der Waals surface area contributed by atoms with E-state index in [1.807, 2.05) is 36.4 Å². The van der Waals surface area contributed by atoms with E-state index in [9.17, 15) is 0 Å². The maximum absolute atomic E-state index is 5.42. The van der Waals surface area contributed by atoms with Crippen LogP contribution in [0.3, 0.4) is 0 Å². The molecule has 3 rings (SSSR count). The first kappa shape index (κ1) is 10.0. The highest BCUT2D eigenvalue weighted by molar-refractivity contribution is 6.13. The Morgan fingerprint density at radius 1 is 0.765 bits per heavy atom. The Hall–Kier alpha value is -2.16. The maximum Gasteiger partial charge on any atom is 0.128 e. The van der Waals surface area contributed by atoms with Crippen LogP contribution < -0.4 is 9.47 Å². The topological polar surface area (TPSA) is 34.2 Å². The van der Waals surface area contributed by atoms with Gasteiger partial charge in [0.25, 0.3) is 0 Å². The van der Waals surface area contributed by atoms with Crippen molar-refractivity contribution in [3.8, 4) is 11.5 Å². The van der Waals surface area contributed by atoms with Crippen molar-refractivity contribution in [2.45, 2.75) is 0 Å². The van der Waals surface area contributed by atoms with Gasteiger partial charge in [-0.1, -0.05) is 12.1 Å². The summed E-state index contributed by atoms with van der Waals surface area (Å²) < 4.78 is 10.8. The summed E-state index contributed by atoms with van der Waals surface area (Å²) in [4.78, 5) is 3.37. The minimum atomic E-state index is 0.859. The number of ether oxygens (including phenoxy) is 2. The Morgan fingerprint density at radius 2 is 1.24 bits per heavy atom. The Morgan fingerprint density at radius 3 is 1.65 bits per heavy atom. The minimum Gasteiger partial charge on any atom is -0.496 e. The standard InChI is InChI=1S/C14H13NO2/c1-16-11-7-3-5-9-13(11)14-10(15-9)6-4-8-12(14)17-2/h3-8,15H,1-2H3. The monoisotopic (exact) mass is 227 g/mol. The van der Waals surface area contributed by atoms with Gasteiger partial charge in [0.15, 0.2) is 0 Å². The number of nitrogens with one attached hydrogen (secondary N) is 1. The molecule has 0 saturated carbocycles. The lowest BCUT2D eigenvalue weighted by molar-refractivity contribution is 0.416. The van der Waals surface area contributed by atoms with E-state index in [-0.39, 0.29) is 0 Å². The van der Waals surface area contributed by atoms with Crippen LogP contribution in [-0.2, 0) is 0 Å². The molecule has 0 bridgehead atoms. The largest absolute Gasteiger partial charge is 0.496 e. The number of rotatable bonds is 2. The second-order valence-electron chi connectivity index (χ2n) is 3.89. The highest BCUT2D eigenvalue weighted by atomic mass is 16.5. The van der Waals surface area contributed by atoms with Crippen molar-refractivity contribution in [2.24, 2.45) is 0 Å². The molecule has 0 aliphatic rings. The van der Waals surface area contributed by atoms with Crippen molar-refractivity contribution in [1.29, 1.82) is 0 Å². The van der Waals surface area contributed by atoms with E-state index in [1.165, 1.54) is 0 Å². The van der Waals surface area contributed by atoms with Crippen LogP contribution in [0.4, 0.5) is 0 Å². The highest BCUT2D eigenvalue weighted by Crippen LogP contribution is 2.37. The lowest BCUT2D eigenvalue weighted by Crippen LogP contribution is -1.85. The molecule has 3 nitrogen and oxygen atoms in total. The van der Waals surface area contributed by atoms with Gasteiger partial charge in [0.1, 0.15) is 11.5 Å². The molecule has 0 atom stereocenters.